The zero-order valence-electron chi connectivity index (χ0n) is 21.1. The number of hydrogen-bond donors (Lipinski definition) is 1. The molecule has 0 amide bonds. The minimum atomic E-state index is -0.222. The summed E-state index contributed by atoms with van der Waals surface area (Å²) in [6.07, 6.45) is 4.35. The first kappa shape index (κ1) is 33.2. The topological polar surface area (TPSA) is 51.5 Å². The second kappa shape index (κ2) is 25.6. The van der Waals surface area contributed by atoms with E-state index < -0.39 is 0 Å². The quantitative estimate of drug-likeness (QED) is 0.323. The van der Waals surface area contributed by atoms with E-state index in [0.29, 0.717) is 24.7 Å². The zero-order chi connectivity index (χ0) is 23.8. The van der Waals surface area contributed by atoms with Gasteiger partial charge in [0.25, 0.3) is 0 Å². The highest BCUT2D eigenvalue weighted by atomic mass is 19.1. The lowest BCUT2D eigenvalue weighted by atomic mass is 10.2. The van der Waals surface area contributed by atoms with Crippen LogP contribution >= 0.6 is 0 Å². The number of ether oxygens (including phenoxy) is 3. The Labute approximate surface area is 186 Å². The summed E-state index contributed by atoms with van der Waals surface area (Å²) in [4.78, 5) is 0. The summed E-state index contributed by atoms with van der Waals surface area (Å²) in [5, 5.41) is 6.74. The third-order valence-electron chi connectivity index (χ3n) is 3.62. The number of rotatable bonds is 9. The van der Waals surface area contributed by atoms with Gasteiger partial charge in [0.2, 0.25) is 0 Å². The van der Waals surface area contributed by atoms with Gasteiger partial charge >= 0.3 is 0 Å². The highest BCUT2D eigenvalue weighted by molar-refractivity contribution is 5.78. The van der Waals surface area contributed by atoms with Crippen molar-refractivity contribution in [2.45, 2.75) is 87.7 Å². The predicted molar refractivity (Wildman–Crippen MR) is 129 cm³/mol. The van der Waals surface area contributed by atoms with Gasteiger partial charge in [-0.25, -0.2) is 4.39 Å². The molecular weight excluding hydrogens is 381 g/mol. The summed E-state index contributed by atoms with van der Waals surface area (Å²) < 4.78 is 29.0. The standard InChI is InChI=1S/C14H19FO2.C4H9N.C3H8O.2C2H6/c1-2-7-16-10-12-8-13(5-6-14(12)15)17-9-11-3-4-11;1-3-4(2)5;1-3-4-2;2*1-2/h5-6,8,11H,2-4,7,9-10H2,1H3;5H,3H2,1-2H3;3H2,1-2H3;2*1-2H3. The summed E-state index contributed by atoms with van der Waals surface area (Å²) >= 11 is 0. The number of hydrogen-bond acceptors (Lipinski definition) is 4. The van der Waals surface area contributed by atoms with E-state index in [-0.39, 0.29) is 5.82 Å². The van der Waals surface area contributed by atoms with E-state index in [1.165, 1.54) is 18.9 Å². The Morgan fingerprint density at radius 2 is 1.63 bits per heavy atom. The normalized spacial score (nSPS) is 11.1. The van der Waals surface area contributed by atoms with Crippen molar-refractivity contribution in [3.05, 3.63) is 29.6 Å². The van der Waals surface area contributed by atoms with E-state index >= 15 is 0 Å². The molecule has 1 aromatic rings. The molecule has 30 heavy (non-hydrogen) atoms. The van der Waals surface area contributed by atoms with Crippen molar-refractivity contribution in [3.63, 3.8) is 0 Å². The van der Waals surface area contributed by atoms with E-state index in [9.17, 15) is 4.39 Å². The first-order valence-electron chi connectivity index (χ1n) is 11.5. The predicted octanol–water partition coefficient (Wildman–Crippen LogP) is 7.68. The van der Waals surface area contributed by atoms with Crippen LogP contribution in [0.3, 0.4) is 0 Å². The molecular formula is C25H48FNO3. The second-order valence-corrected chi connectivity index (χ2v) is 6.27. The van der Waals surface area contributed by atoms with Gasteiger partial charge in [-0.2, -0.15) is 0 Å². The molecule has 0 aromatic heterocycles. The molecule has 1 aliphatic rings. The molecule has 1 aromatic carbocycles. The number of benzene rings is 1. The average molecular weight is 430 g/mol. The smallest absolute Gasteiger partial charge is 0.128 e. The van der Waals surface area contributed by atoms with Crippen molar-refractivity contribution >= 4 is 5.71 Å². The van der Waals surface area contributed by atoms with Crippen molar-refractivity contribution in [2.75, 3.05) is 26.9 Å². The van der Waals surface area contributed by atoms with Crippen LogP contribution in [-0.4, -0.2) is 32.6 Å². The molecule has 1 fully saturated rings. The SMILES string of the molecule is CC.CC.CCC(C)=N.CCCOCc1cc(OCC2CC2)ccc1F.CCOC. The van der Waals surface area contributed by atoms with Gasteiger partial charge in [-0.15, -0.1) is 0 Å². The van der Waals surface area contributed by atoms with Crippen LogP contribution in [0.2, 0.25) is 0 Å². The Hall–Kier alpha value is -1.46. The van der Waals surface area contributed by atoms with Crippen molar-refractivity contribution < 1.29 is 18.6 Å². The molecule has 0 saturated heterocycles. The molecule has 178 valence electrons. The lowest BCUT2D eigenvalue weighted by Crippen LogP contribution is -2.01. The highest BCUT2D eigenvalue weighted by Gasteiger charge is 2.22. The van der Waals surface area contributed by atoms with E-state index in [4.69, 9.17) is 14.9 Å². The van der Waals surface area contributed by atoms with Gasteiger partial charge in [0.15, 0.2) is 0 Å². The Bertz CT molecular complexity index is 489. The maximum atomic E-state index is 13.5. The van der Waals surface area contributed by atoms with Crippen molar-refractivity contribution in [1.29, 1.82) is 5.41 Å². The van der Waals surface area contributed by atoms with Gasteiger partial charge in [0.1, 0.15) is 11.6 Å². The molecule has 0 spiro atoms. The maximum Gasteiger partial charge on any atom is 0.128 e. The maximum absolute atomic E-state index is 13.5. The van der Waals surface area contributed by atoms with Crippen molar-refractivity contribution in [1.82, 2.24) is 0 Å². The Morgan fingerprint density at radius 1 is 1.10 bits per heavy atom. The molecule has 0 heterocycles. The van der Waals surface area contributed by atoms with Crippen LogP contribution in [-0.2, 0) is 16.1 Å². The number of halogens is 1. The third-order valence-corrected chi connectivity index (χ3v) is 3.62. The molecule has 2 rings (SSSR count). The Kier molecular flexibility index (Phi) is 28.3. The molecule has 1 N–H and O–H groups in total. The van der Waals surface area contributed by atoms with Gasteiger partial charge < -0.3 is 19.6 Å². The molecule has 0 atom stereocenters. The molecule has 0 bridgehead atoms. The summed E-state index contributed by atoms with van der Waals surface area (Å²) in [6, 6.07) is 4.88. The number of methoxy groups -OCH3 is 1. The molecule has 1 saturated carbocycles. The van der Waals surface area contributed by atoms with Gasteiger partial charge in [0.05, 0.1) is 13.2 Å². The first-order chi connectivity index (χ1) is 14.5. The van der Waals surface area contributed by atoms with E-state index in [0.717, 1.165) is 37.5 Å². The van der Waals surface area contributed by atoms with Gasteiger partial charge in [-0.05, 0) is 63.6 Å². The van der Waals surface area contributed by atoms with Gasteiger partial charge in [-0.3, -0.25) is 0 Å². The fourth-order valence-corrected chi connectivity index (χ4v) is 1.58. The van der Waals surface area contributed by atoms with Crippen LogP contribution in [0, 0.1) is 17.1 Å². The molecule has 0 unspecified atom stereocenters. The third kappa shape index (κ3) is 22.8. The second-order valence-electron chi connectivity index (χ2n) is 6.27. The number of nitrogens with one attached hydrogen (secondary N) is 1. The monoisotopic (exact) mass is 429 g/mol. The fraction of sp³-hybridized carbons (Fsp3) is 0.720. The van der Waals surface area contributed by atoms with Crippen LogP contribution in [0.5, 0.6) is 5.75 Å². The highest BCUT2D eigenvalue weighted by Crippen LogP contribution is 2.29. The van der Waals surface area contributed by atoms with Crippen LogP contribution in [0.15, 0.2) is 18.2 Å². The first-order valence-corrected chi connectivity index (χ1v) is 11.5. The van der Waals surface area contributed by atoms with E-state index in [1.54, 1.807) is 26.2 Å². The molecule has 1 aliphatic carbocycles. The van der Waals surface area contributed by atoms with Gasteiger partial charge in [0, 0.05) is 31.6 Å². The van der Waals surface area contributed by atoms with Crippen molar-refractivity contribution in [2.24, 2.45) is 5.92 Å². The Balaban J connectivity index is -0.000000467. The molecule has 5 heteroatoms. The summed E-state index contributed by atoms with van der Waals surface area (Å²) in [5.41, 5.74) is 1.33. The molecule has 0 radical (unpaired) electrons. The van der Waals surface area contributed by atoms with Crippen LogP contribution < -0.4 is 4.74 Å². The zero-order valence-corrected chi connectivity index (χ0v) is 21.1. The summed E-state index contributed by atoms with van der Waals surface area (Å²) in [5.74, 6) is 1.23. The summed E-state index contributed by atoms with van der Waals surface area (Å²) in [7, 11) is 1.68. The lowest BCUT2D eigenvalue weighted by Gasteiger charge is -2.09. The largest absolute Gasteiger partial charge is 0.493 e. The Morgan fingerprint density at radius 3 is 2.03 bits per heavy atom. The average Bonchev–Trinajstić information content (AvgIpc) is 3.62. The summed E-state index contributed by atoms with van der Waals surface area (Å²) in [6.45, 7) is 18.3. The van der Waals surface area contributed by atoms with Crippen LogP contribution in [0.1, 0.15) is 86.6 Å². The fourth-order valence-electron chi connectivity index (χ4n) is 1.58. The van der Waals surface area contributed by atoms with Crippen molar-refractivity contribution in [3.8, 4) is 5.75 Å². The lowest BCUT2D eigenvalue weighted by molar-refractivity contribution is 0.119. The van der Waals surface area contributed by atoms with E-state index in [1.807, 2.05) is 48.5 Å². The van der Waals surface area contributed by atoms with Crippen LogP contribution in [0.25, 0.3) is 0 Å². The van der Waals surface area contributed by atoms with Crippen LogP contribution in [0.4, 0.5) is 4.39 Å². The molecule has 4 nitrogen and oxygen atoms in total. The minimum Gasteiger partial charge on any atom is -0.493 e. The van der Waals surface area contributed by atoms with E-state index in [2.05, 4.69) is 4.74 Å². The van der Waals surface area contributed by atoms with Gasteiger partial charge in [-0.1, -0.05) is 41.5 Å². The minimum absolute atomic E-state index is 0.222. The molecule has 0 aliphatic heterocycles.